The first kappa shape index (κ1) is 19.5. The number of hydrogen-bond donors (Lipinski definition) is 1. The molecule has 0 bridgehead atoms. The van der Waals surface area contributed by atoms with Gasteiger partial charge in [0.1, 0.15) is 5.00 Å². The fourth-order valence-electron chi connectivity index (χ4n) is 2.66. The molecule has 0 saturated carbocycles. The van der Waals surface area contributed by atoms with Gasteiger partial charge in [0, 0.05) is 10.8 Å². The number of carbonyl (C=O) groups excluding carboxylic acids is 2. The second-order valence-corrected chi connectivity index (χ2v) is 6.84. The number of thiophene rings is 1. The topological polar surface area (TPSA) is 90.3 Å². The third-order valence-corrected chi connectivity index (χ3v) is 4.85. The lowest BCUT2D eigenvalue weighted by atomic mass is 10.2. The van der Waals surface area contributed by atoms with Crippen LogP contribution in [0.3, 0.4) is 0 Å². The number of aromatic nitrogens is 2. The number of carbonyl (C=O) groups is 2. The van der Waals surface area contributed by atoms with Crippen molar-refractivity contribution in [2.75, 3.05) is 11.9 Å². The molecular formula is C20H19N3O4S. The van der Waals surface area contributed by atoms with Crippen LogP contribution in [0, 0.1) is 6.92 Å². The smallest absolute Gasteiger partial charge is 0.359 e. The van der Waals surface area contributed by atoms with Crippen molar-refractivity contribution in [3.05, 3.63) is 63.4 Å². The number of ether oxygens (including phenoxy) is 1. The predicted octanol–water partition coefficient (Wildman–Crippen LogP) is 3.45. The molecule has 7 nitrogen and oxygen atoms in total. The second kappa shape index (κ2) is 8.18. The fraction of sp³-hybridized carbons (Fsp3) is 0.200. The molecule has 28 heavy (non-hydrogen) atoms. The molecule has 2 aromatic heterocycles. The Morgan fingerprint density at radius 3 is 2.64 bits per heavy atom. The minimum atomic E-state index is -0.627. The summed E-state index contributed by atoms with van der Waals surface area (Å²) in [6.45, 7) is 5.53. The van der Waals surface area contributed by atoms with Gasteiger partial charge in [-0.05, 0) is 39.0 Å². The van der Waals surface area contributed by atoms with E-state index < -0.39 is 11.5 Å². The van der Waals surface area contributed by atoms with E-state index in [9.17, 15) is 14.4 Å². The molecule has 0 spiro atoms. The van der Waals surface area contributed by atoms with E-state index in [1.807, 2.05) is 19.1 Å². The number of aryl methyl sites for hydroxylation is 1. The summed E-state index contributed by atoms with van der Waals surface area (Å²) in [5.74, 6) is -0.987. The van der Waals surface area contributed by atoms with E-state index in [2.05, 4.69) is 10.4 Å². The summed E-state index contributed by atoms with van der Waals surface area (Å²) in [6.07, 6.45) is 2.96. The SMILES string of the molecule is CC=CC(=O)Nc1scc2c(C(=O)OCC)nn(-c3ccc(C)cc3)c(=O)c12. The molecule has 0 fully saturated rings. The van der Waals surface area contributed by atoms with E-state index in [0.717, 1.165) is 21.6 Å². The van der Waals surface area contributed by atoms with Crippen molar-refractivity contribution < 1.29 is 14.3 Å². The monoisotopic (exact) mass is 397 g/mol. The molecule has 1 N–H and O–H groups in total. The van der Waals surface area contributed by atoms with E-state index in [1.54, 1.807) is 37.4 Å². The van der Waals surface area contributed by atoms with Crippen LogP contribution in [0.1, 0.15) is 29.9 Å². The summed E-state index contributed by atoms with van der Waals surface area (Å²) in [5, 5.41) is 9.51. The first-order valence-corrected chi connectivity index (χ1v) is 9.56. The summed E-state index contributed by atoms with van der Waals surface area (Å²) >= 11 is 1.16. The minimum Gasteiger partial charge on any atom is -0.461 e. The lowest BCUT2D eigenvalue weighted by molar-refractivity contribution is -0.111. The van der Waals surface area contributed by atoms with E-state index in [0.29, 0.717) is 16.1 Å². The number of hydrogen-bond acceptors (Lipinski definition) is 6. The van der Waals surface area contributed by atoms with Gasteiger partial charge in [0.15, 0.2) is 5.69 Å². The summed E-state index contributed by atoms with van der Waals surface area (Å²) in [4.78, 5) is 37.6. The molecular weight excluding hydrogens is 378 g/mol. The molecule has 3 rings (SSSR count). The van der Waals surface area contributed by atoms with Crippen molar-refractivity contribution in [1.82, 2.24) is 9.78 Å². The highest BCUT2D eigenvalue weighted by atomic mass is 32.1. The Kier molecular flexibility index (Phi) is 5.70. The zero-order valence-electron chi connectivity index (χ0n) is 15.7. The molecule has 144 valence electrons. The maximum Gasteiger partial charge on any atom is 0.359 e. The Hall–Kier alpha value is -3.26. The van der Waals surface area contributed by atoms with Crippen LogP contribution >= 0.6 is 11.3 Å². The Balaban J connectivity index is 2.27. The van der Waals surface area contributed by atoms with E-state index >= 15 is 0 Å². The van der Waals surface area contributed by atoms with Crippen molar-refractivity contribution in [2.45, 2.75) is 20.8 Å². The van der Waals surface area contributed by atoms with Crippen molar-refractivity contribution in [3.8, 4) is 5.69 Å². The number of fused-ring (bicyclic) bond motifs is 1. The van der Waals surface area contributed by atoms with Gasteiger partial charge in [-0.1, -0.05) is 23.8 Å². The quantitative estimate of drug-likeness (QED) is 0.526. The molecule has 8 heteroatoms. The molecule has 3 aromatic rings. The lowest BCUT2D eigenvalue weighted by Gasteiger charge is -2.10. The zero-order chi connectivity index (χ0) is 20.3. The van der Waals surface area contributed by atoms with Gasteiger partial charge in [-0.3, -0.25) is 9.59 Å². The largest absolute Gasteiger partial charge is 0.461 e. The van der Waals surface area contributed by atoms with Crippen molar-refractivity contribution >= 4 is 39.0 Å². The Bertz CT molecular complexity index is 1130. The first-order valence-electron chi connectivity index (χ1n) is 8.68. The molecule has 1 aromatic carbocycles. The number of benzene rings is 1. The van der Waals surface area contributed by atoms with Crippen LogP contribution in [-0.4, -0.2) is 28.3 Å². The summed E-state index contributed by atoms with van der Waals surface area (Å²) in [5.41, 5.74) is 1.14. The van der Waals surface area contributed by atoms with Crippen molar-refractivity contribution in [2.24, 2.45) is 0 Å². The van der Waals surface area contributed by atoms with Gasteiger partial charge < -0.3 is 10.1 Å². The summed E-state index contributed by atoms with van der Waals surface area (Å²) in [6, 6.07) is 7.18. The normalized spacial score (nSPS) is 11.1. The van der Waals surface area contributed by atoms with E-state index in [4.69, 9.17) is 4.74 Å². The average molecular weight is 397 g/mol. The average Bonchev–Trinajstić information content (AvgIpc) is 3.07. The second-order valence-electron chi connectivity index (χ2n) is 5.96. The van der Waals surface area contributed by atoms with Crippen LogP contribution in [0.15, 0.2) is 46.6 Å². The van der Waals surface area contributed by atoms with Gasteiger partial charge >= 0.3 is 5.97 Å². The number of esters is 1. The molecule has 0 aliphatic carbocycles. The van der Waals surface area contributed by atoms with Crippen LogP contribution in [0.5, 0.6) is 0 Å². The molecule has 0 saturated heterocycles. The third kappa shape index (κ3) is 3.72. The van der Waals surface area contributed by atoms with Gasteiger partial charge in [-0.2, -0.15) is 9.78 Å². The Labute approximate surface area is 165 Å². The van der Waals surface area contributed by atoms with Crippen LogP contribution in [-0.2, 0) is 9.53 Å². The molecule has 0 atom stereocenters. The molecule has 2 heterocycles. The van der Waals surface area contributed by atoms with Crippen molar-refractivity contribution in [1.29, 1.82) is 0 Å². The number of anilines is 1. The Morgan fingerprint density at radius 1 is 1.29 bits per heavy atom. The number of nitrogens with zero attached hydrogens (tertiary/aromatic N) is 2. The van der Waals surface area contributed by atoms with Gasteiger partial charge in [0.2, 0.25) is 5.91 Å². The summed E-state index contributed by atoms with van der Waals surface area (Å²) in [7, 11) is 0. The van der Waals surface area contributed by atoms with E-state index in [1.165, 1.54) is 6.08 Å². The van der Waals surface area contributed by atoms with Crippen molar-refractivity contribution in [3.63, 3.8) is 0 Å². The van der Waals surface area contributed by atoms with Crippen LogP contribution < -0.4 is 10.9 Å². The fourth-order valence-corrected chi connectivity index (χ4v) is 3.60. The van der Waals surface area contributed by atoms with Crippen LogP contribution in [0.4, 0.5) is 5.00 Å². The van der Waals surface area contributed by atoms with Crippen LogP contribution in [0.25, 0.3) is 16.5 Å². The highest BCUT2D eigenvalue weighted by molar-refractivity contribution is 7.16. The maximum atomic E-state index is 13.2. The molecule has 0 aliphatic heterocycles. The number of rotatable bonds is 5. The summed E-state index contributed by atoms with van der Waals surface area (Å²) < 4.78 is 6.26. The highest BCUT2D eigenvalue weighted by Crippen LogP contribution is 2.30. The predicted molar refractivity (Wildman–Crippen MR) is 109 cm³/mol. The van der Waals surface area contributed by atoms with Gasteiger partial charge in [-0.15, -0.1) is 11.3 Å². The molecule has 0 radical (unpaired) electrons. The maximum absolute atomic E-state index is 13.2. The molecule has 1 amide bonds. The number of allylic oxidation sites excluding steroid dienone is 1. The number of nitrogens with one attached hydrogen (secondary N) is 1. The van der Waals surface area contributed by atoms with Gasteiger partial charge in [-0.25, -0.2) is 4.79 Å². The lowest BCUT2D eigenvalue weighted by Crippen LogP contribution is -2.25. The zero-order valence-corrected chi connectivity index (χ0v) is 16.5. The van der Waals surface area contributed by atoms with Crippen LogP contribution in [0.2, 0.25) is 0 Å². The highest BCUT2D eigenvalue weighted by Gasteiger charge is 2.22. The Morgan fingerprint density at radius 2 is 2.00 bits per heavy atom. The first-order chi connectivity index (χ1) is 13.5. The van der Waals surface area contributed by atoms with E-state index in [-0.39, 0.29) is 23.6 Å². The minimum absolute atomic E-state index is 0.0276. The standard InChI is InChI=1S/C20H19N3O4S/c1-4-6-15(24)21-18-16-14(11-28-18)17(20(26)27-5-2)22-23(19(16)25)13-9-7-12(3)8-10-13/h4,6-11H,5H2,1-3H3,(H,21,24). The molecule has 0 unspecified atom stereocenters. The van der Waals surface area contributed by atoms with Gasteiger partial charge in [0.05, 0.1) is 17.7 Å². The third-order valence-electron chi connectivity index (χ3n) is 3.95. The van der Waals surface area contributed by atoms with Gasteiger partial charge in [0.25, 0.3) is 5.56 Å². The molecule has 0 aliphatic rings. The number of amides is 1.